The van der Waals surface area contributed by atoms with Crippen molar-refractivity contribution in [1.82, 2.24) is 29.6 Å². The van der Waals surface area contributed by atoms with Crippen molar-refractivity contribution < 1.29 is 9.59 Å². The molecule has 2 aliphatic rings. The minimum Gasteiger partial charge on any atom is -0.342 e. The highest BCUT2D eigenvalue weighted by molar-refractivity contribution is 6.37. The lowest BCUT2D eigenvalue weighted by Gasteiger charge is -2.35. The number of hydrogen-bond donors (Lipinski definition) is 0. The van der Waals surface area contributed by atoms with Crippen LogP contribution in [-0.2, 0) is 4.79 Å². The molecule has 4 rings (SSSR count). The molecule has 0 radical (unpaired) electrons. The van der Waals surface area contributed by atoms with Crippen molar-refractivity contribution >= 4 is 35.1 Å². The third-order valence-corrected chi connectivity index (χ3v) is 6.23. The van der Waals surface area contributed by atoms with Crippen LogP contribution in [0.4, 0.5) is 4.79 Å². The molecule has 0 N–H and O–H groups in total. The summed E-state index contributed by atoms with van der Waals surface area (Å²) in [6, 6.07) is 4.17. The van der Waals surface area contributed by atoms with Gasteiger partial charge in [-0.15, -0.1) is 4.68 Å². The Morgan fingerprint density at radius 1 is 0.933 bits per heavy atom. The molecule has 30 heavy (non-hydrogen) atoms. The first-order chi connectivity index (χ1) is 14.5. The van der Waals surface area contributed by atoms with E-state index in [0.717, 1.165) is 43.5 Å². The van der Waals surface area contributed by atoms with Gasteiger partial charge in [0.15, 0.2) is 0 Å². The molecule has 0 aliphatic carbocycles. The molecule has 1 aromatic heterocycles. The second kappa shape index (κ2) is 8.77. The Balaban J connectivity index is 1.53. The lowest BCUT2D eigenvalue weighted by molar-refractivity contribution is -0.137. The molecular weight excluding hydrogens is 431 g/mol. The molecule has 9 nitrogen and oxygen atoms in total. The van der Waals surface area contributed by atoms with Crippen LogP contribution in [-0.4, -0.2) is 67.7 Å². The van der Waals surface area contributed by atoms with E-state index in [4.69, 9.17) is 23.2 Å². The van der Waals surface area contributed by atoms with Gasteiger partial charge in [0.1, 0.15) is 5.69 Å². The molecule has 11 heteroatoms. The third kappa shape index (κ3) is 3.96. The number of tetrazole rings is 1. The number of halogens is 2. The molecule has 2 fully saturated rings. The molecule has 2 aliphatic heterocycles. The van der Waals surface area contributed by atoms with E-state index >= 15 is 0 Å². The maximum absolute atomic E-state index is 13.0. The van der Waals surface area contributed by atoms with Gasteiger partial charge in [0.05, 0.1) is 16.0 Å². The number of rotatable bonds is 2. The summed E-state index contributed by atoms with van der Waals surface area (Å²) in [5.74, 6) is -0.171. The topological polar surface area (TPSA) is 93.3 Å². The molecule has 2 saturated heterocycles. The van der Waals surface area contributed by atoms with Crippen molar-refractivity contribution in [2.24, 2.45) is 5.92 Å². The van der Waals surface area contributed by atoms with E-state index in [9.17, 15) is 14.4 Å². The minimum atomic E-state index is -0.764. The third-order valence-electron chi connectivity index (χ3n) is 5.62. The van der Waals surface area contributed by atoms with Crippen LogP contribution in [0.5, 0.6) is 0 Å². The van der Waals surface area contributed by atoms with Gasteiger partial charge in [-0.2, -0.15) is 4.68 Å². The van der Waals surface area contributed by atoms with Crippen LogP contribution < -0.4 is 5.69 Å². The quantitative estimate of drug-likeness (QED) is 0.652. The first-order valence-corrected chi connectivity index (χ1v) is 10.8. The Labute approximate surface area is 183 Å². The van der Waals surface area contributed by atoms with Crippen molar-refractivity contribution in [3.63, 3.8) is 0 Å². The van der Waals surface area contributed by atoms with Crippen molar-refractivity contribution in [2.45, 2.75) is 32.1 Å². The molecule has 3 heterocycles. The molecule has 1 aromatic carbocycles. The maximum Gasteiger partial charge on any atom is 0.377 e. The van der Waals surface area contributed by atoms with Gasteiger partial charge in [0.25, 0.3) is 0 Å². The van der Waals surface area contributed by atoms with Crippen LogP contribution in [0.25, 0.3) is 5.69 Å². The lowest BCUT2D eigenvalue weighted by atomic mass is 9.95. The first kappa shape index (κ1) is 20.9. The van der Waals surface area contributed by atoms with Crippen molar-refractivity contribution in [3.05, 3.63) is 38.7 Å². The second-order valence-corrected chi connectivity index (χ2v) is 8.42. The van der Waals surface area contributed by atoms with E-state index in [0.29, 0.717) is 17.6 Å². The van der Waals surface area contributed by atoms with Gasteiger partial charge >= 0.3 is 11.7 Å². The van der Waals surface area contributed by atoms with Crippen molar-refractivity contribution in [2.75, 3.05) is 26.2 Å². The predicted molar refractivity (Wildman–Crippen MR) is 111 cm³/mol. The summed E-state index contributed by atoms with van der Waals surface area (Å²) >= 11 is 12.3. The summed E-state index contributed by atoms with van der Waals surface area (Å²) in [5.41, 5.74) is -0.596. The number of amides is 2. The molecule has 2 aromatic rings. The molecule has 1 atom stereocenters. The van der Waals surface area contributed by atoms with Crippen LogP contribution in [0, 0.1) is 5.92 Å². The Morgan fingerprint density at radius 3 is 2.30 bits per heavy atom. The highest BCUT2D eigenvalue weighted by Crippen LogP contribution is 2.26. The van der Waals surface area contributed by atoms with Crippen LogP contribution >= 0.6 is 23.2 Å². The SMILES string of the molecule is O=C(C1CCCN(C(=O)n2nnn(-c3c(Cl)cccc3Cl)c2=O)C1)N1CCCCC1. The summed E-state index contributed by atoms with van der Waals surface area (Å²) in [6.45, 7) is 2.26. The average Bonchev–Trinajstić information content (AvgIpc) is 3.14. The van der Waals surface area contributed by atoms with Crippen LogP contribution in [0.1, 0.15) is 32.1 Å². The fourth-order valence-electron chi connectivity index (χ4n) is 4.06. The zero-order valence-electron chi connectivity index (χ0n) is 16.3. The number of carbonyl (C=O) groups is 2. The second-order valence-electron chi connectivity index (χ2n) is 7.61. The number of nitrogens with zero attached hydrogens (tertiary/aromatic N) is 6. The highest BCUT2D eigenvalue weighted by Gasteiger charge is 2.33. The normalized spacial score (nSPS) is 19.7. The Kier molecular flexibility index (Phi) is 6.10. The van der Waals surface area contributed by atoms with Gasteiger partial charge in [-0.05, 0) is 54.7 Å². The lowest BCUT2D eigenvalue weighted by Crippen LogP contribution is -2.50. The van der Waals surface area contributed by atoms with Gasteiger partial charge < -0.3 is 9.80 Å². The number of carbonyl (C=O) groups excluding carboxylic acids is 2. The monoisotopic (exact) mass is 452 g/mol. The fourth-order valence-corrected chi connectivity index (χ4v) is 4.61. The van der Waals surface area contributed by atoms with Crippen LogP contribution in [0.15, 0.2) is 23.0 Å². The fraction of sp³-hybridized carbons (Fsp3) is 0.526. The van der Waals surface area contributed by atoms with Crippen molar-refractivity contribution in [3.8, 4) is 5.69 Å². The van der Waals surface area contributed by atoms with E-state index in [1.54, 1.807) is 18.2 Å². The highest BCUT2D eigenvalue weighted by atomic mass is 35.5. The Bertz CT molecular complexity index is 994. The molecule has 2 amide bonds. The van der Waals surface area contributed by atoms with E-state index in [1.807, 2.05) is 4.90 Å². The molecule has 0 saturated carbocycles. The van der Waals surface area contributed by atoms with Gasteiger partial charge in [0, 0.05) is 26.2 Å². The zero-order valence-corrected chi connectivity index (χ0v) is 17.8. The predicted octanol–water partition coefficient (Wildman–Crippen LogP) is 2.43. The summed E-state index contributed by atoms with van der Waals surface area (Å²) in [4.78, 5) is 42.0. The summed E-state index contributed by atoms with van der Waals surface area (Å²) in [6.07, 6.45) is 4.60. The average molecular weight is 453 g/mol. The smallest absolute Gasteiger partial charge is 0.342 e. The Morgan fingerprint density at radius 2 is 1.60 bits per heavy atom. The molecule has 160 valence electrons. The van der Waals surface area contributed by atoms with Gasteiger partial charge in [-0.1, -0.05) is 29.3 Å². The van der Waals surface area contributed by atoms with Gasteiger partial charge in [-0.25, -0.2) is 9.59 Å². The first-order valence-electron chi connectivity index (χ1n) is 10.0. The number of likely N-dealkylation sites (tertiary alicyclic amines) is 2. The van der Waals surface area contributed by atoms with Crippen LogP contribution in [0.2, 0.25) is 10.0 Å². The van der Waals surface area contributed by atoms with Crippen molar-refractivity contribution in [1.29, 1.82) is 0 Å². The summed E-state index contributed by atoms with van der Waals surface area (Å²) < 4.78 is 1.59. The van der Waals surface area contributed by atoms with E-state index < -0.39 is 11.7 Å². The van der Waals surface area contributed by atoms with E-state index in [-0.39, 0.29) is 34.1 Å². The molecular formula is C19H22Cl2N6O3. The molecule has 1 unspecified atom stereocenters. The zero-order chi connectivity index (χ0) is 21.3. The number of piperidine rings is 2. The van der Waals surface area contributed by atoms with Gasteiger partial charge in [0.2, 0.25) is 5.91 Å². The summed E-state index contributed by atoms with van der Waals surface area (Å²) in [5, 5.41) is 7.93. The number of benzene rings is 1. The van der Waals surface area contributed by atoms with Gasteiger partial charge in [-0.3, -0.25) is 4.79 Å². The number of aromatic nitrogens is 4. The van der Waals surface area contributed by atoms with Crippen LogP contribution in [0.3, 0.4) is 0 Å². The van der Waals surface area contributed by atoms with E-state index in [2.05, 4.69) is 10.4 Å². The van der Waals surface area contributed by atoms with E-state index in [1.165, 1.54) is 4.90 Å². The minimum absolute atomic E-state index is 0.0889. The maximum atomic E-state index is 13.0. The Hall–Kier alpha value is -2.39. The standard InChI is InChI=1S/C19H22Cl2N6O3/c20-14-7-4-8-15(21)16(14)26-19(30)27(23-22-26)18(29)25-11-5-6-13(12-25)17(28)24-9-2-1-3-10-24/h4,7-8,13H,1-3,5-6,9-12H2. The summed E-state index contributed by atoms with van der Waals surface area (Å²) in [7, 11) is 0. The molecule has 0 spiro atoms. The molecule has 0 bridgehead atoms. The largest absolute Gasteiger partial charge is 0.377 e. The number of para-hydroxylation sites is 1. The number of hydrogen-bond acceptors (Lipinski definition) is 5.